The molecule has 0 bridgehead atoms. The standard InChI is InChI=1S/C18H18Cl2N2O3/c1-24-18(23)15-7-13(19)2-3-16(15)25-17(11-4-5-21-8-11)12-6-14(20)10-22-9-12/h2-3,6-7,9-11,17,21H,4-5,8H2,1H3/t11-,17?/m0/s1. The molecule has 5 nitrogen and oxygen atoms in total. The average Bonchev–Trinajstić information content (AvgIpc) is 3.14. The lowest BCUT2D eigenvalue weighted by atomic mass is 9.95. The number of nitrogens with one attached hydrogen (secondary N) is 1. The van der Waals surface area contributed by atoms with Crippen LogP contribution in [-0.4, -0.2) is 31.2 Å². The Balaban J connectivity index is 1.97. The van der Waals surface area contributed by atoms with E-state index in [4.69, 9.17) is 32.7 Å². The zero-order chi connectivity index (χ0) is 17.8. The topological polar surface area (TPSA) is 60.5 Å². The highest BCUT2D eigenvalue weighted by Crippen LogP contribution is 2.35. The molecule has 0 amide bonds. The van der Waals surface area contributed by atoms with E-state index in [-0.39, 0.29) is 12.0 Å². The van der Waals surface area contributed by atoms with Gasteiger partial charge in [-0.3, -0.25) is 4.98 Å². The summed E-state index contributed by atoms with van der Waals surface area (Å²) in [5.74, 6) is 0.166. The van der Waals surface area contributed by atoms with Crippen LogP contribution in [0.5, 0.6) is 5.75 Å². The number of aromatic nitrogens is 1. The molecule has 1 fully saturated rings. The van der Waals surface area contributed by atoms with Gasteiger partial charge in [-0.05, 0) is 37.2 Å². The van der Waals surface area contributed by atoms with Crippen LogP contribution in [0.1, 0.15) is 28.4 Å². The molecule has 1 aromatic carbocycles. The van der Waals surface area contributed by atoms with Gasteiger partial charge in [-0.2, -0.15) is 0 Å². The highest BCUT2D eigenvalue weighted by Gasteiger charge is 2.30. The number of hydrogen-bond acceptors (Lipinski definition) is 5. The average molecular weight is 381 g/mol. The van der Waals surface area contributed by atoms with Gasteiger partial charge >= 0.3 is 5.97 Å². The van der Waals surface area contributed by atoms with Crippen LogP contribution in [-0.2, 0) is 4.74 Å². The first-order valence-electron chi connectivity index (χ1n) is 7.94. The Kier molecular flexibility index (Phi) is 5.78. The van der Waals surface area contributed by atoms with Gasteiger partial charge < -0.3 is 14.8 Å². The number of carbonyl (C=O) groups excluding carboxylic acids is 1. The lowest BCUT2D eigenvalue weighted by molar-refractivity contribution is 0.0588. The number of carbonyl (C=O) groups is 1. The normalized spacial score (nSPS) is 18.0. The molecule has 0 aliphatic carbocycles. The molecule has 1 N–H and O–H groups in total. The second-order valence-corrected chi connectivity index (χ2v) is 6.73. The minimum absolute atomic E-state index is 0.237. The summed E-state index contributed by atoms with van der Waals surface area (Å²) >= 11 is 12.1. The molecular weight excluding hydrogens is 363 g/mol. The predicted molar refractivity (Wildman–Crippen MR) is 96.4 cm³/mol. The van der Waals surface area contributed by atoms with Crippen molar-refractivity contribution >= 4 is 29.2 Å². The first kappa shape index (κ1) is 18.0. The SMILES string of the molecule is COC(=O)c1cc(Cl)ccc1OC(c1cncc(Cl)c1)[C@H]1CCNC1. The Labute approximate surface area is 156 Å². The minimum Gasteiger partial charge on any atom is -0.484 e. The summed E-state index contributed by atoms with van der Waals surface area (Å²) in [5.41, 5.74) is 1.16. The Morgan fingerprint density at radius 1 is 1.28 bits per heavy atom. The van der Waals surface area contributed by atoms with E-state index in [2.05, 4.69) is 10.3 Å². The number of nitrogens with zero attached hydrogens (tertiary/aromatic N) is 1. The van der Waals surface area contributed by atoms with Crippen LogP contribution >= 0.6 is 23.2 Å². The third-order valence-corrected chi connectivity index (χ3v) is 4.62. The van der Waals surface area contributed by atoms with Crippen molar-refractivity contribution in [3.8, 4) is 5.75 Å². The van der Waals surface area contributed by atoms with Gasteiger partial charge in [0, 0.05) is 35.4 Å². The van der Waals surface area contributed by atoms with E-state index in [9.17, 15) is 4.79 Å². The smallest absolute Gasteiger partial charge is 0.341 e. The number of esters is 1. The lowest BCUT2D eigenvalue weighted by Gasteiger charge is -2.25. The molecule has 3 rings (SSSR count). The van der Waals surface area contributed by atoms with Crippen molar-refractivity contribution in [1.82, 2.24) is 10.3 Å². The van der Waals surface area contributed by atoms with Crippen LogP contribution in [0.3, 0.4) is 0 Å². The molecule has 25 heavy (non-hydrogen) atoms. The molecule has 0 spiro atoms. The lowest BCUT2D eigenvalue weighted by Crippen LogP contribution is -2.22. The van der Waals surface area contributed by atoms with E-state index >= 15 is 0 Å². The summed E-state index contributed by atoms with van der Waals surface area (Å²) in [6.45, 7) is 1.74. The van der Waals surface area contributed by atoms with E-state index in [1.165, 1.54) is 7.11 Å². The number of rotatable bonds is 5. The summed E-state index contributed by atoms with van der Waals surface area (Å²) in [6.07, 6.45) is 3.99. The first-order chi connectivity index (χ1) is 12.1. The fourth-order valence-corrected chi connectivity index (χ4v) is 3.32. The quantitative estimate of drug-likeness (QED) is 0.796. The van der Waals surface area contributed by atoms with Gasteiger partial charge in [0.2, 0.25) is 0 Å². The van der Waals surface area contributed by atoms with E-state index in [0.29, 0.717) is 21.4 Å². The van der Waals surface area contributed by atoms with Crippen molar-refractivity contribution in [3.05, 3.63) is 57.8 Å². The minimum atomic E-state index is -0.495. The summed E-state index contributed by atoms with van der Waals surface area (Å²) in [4.78, 5) is 16.2. The zero-order valence-corrected chi connectivity index (χ0v) is 15.2. The third-order valence-electron chi connectivity index (χ3n) is 4.18. The monoisotopic (exact) mass is 380 g/mol. The largest absolute Gasteiger partial charge is 0.484 e. The van der Waals surface area contributed by atoms with Crippen LogP contribution in [0.15, 0.2) is 36.7 Å². The molecule has 0 radical (unpaired) electrons. The van der Waals surface area contributed by atoms with Crippen molar-refractivity contribution in [2.24, 2.45) is 5.92 Å². The molecular formula is C18H18Cl2N2O3. The van der Waals surface area contributed by atoms with Crippen LogP contribution in [0.4, 0.5) is 0 Å². The van der Waals surface area contributed by atoms with Crippen LogP contribution in [0.2, 0.25) is 10.0 Å². The maximum absolute atomic E-state index is 12.1. The van der Waals surface area contributed by atoms with Gasteiger partial charge in [0.1, 0.15) is 17.4 Å². The van der Waals surface area contributed by atoms with Gasteiger partial charge in [0.05, 0.1) is 12.1 Å². The Morgan fingerprint density at radius 3 is 2.80 bits per heavy atom. The van der Waals surface area contributed by atoms with Crippen molar-refractivity contribution in [3.63, 3.8) is 0 Å². The Hall–Kier alpha value is -1.82. The fraction of sp³-hybridized carbons (Fsp3) is 0.333. The van der Waals surface area contributed by atoms with E-state index in [1.54, 1.807) is 30.6 Å². The van der Waals surface area contributed by atoms with Gasteiger partial charge in [0.15, 0.2) is 0 Å². The highest BCUT2D eigenvalue weighted by molar-refractivity contribution is 6.31. The Bertz CT molecular complexity index is 764. The summed E-state index contributed by atoms with van der Waals surface area (Å²) in [7, 11) is 1.33. The summed E-state index contributed by atoms with van der Waals surface area (Å²) in [6, 6.07) is 6.75. The second-order valence-electron chi connectivity index (χ2n) is 5.86. The Morgan fingerprint density at radius 2 is 2.12 bits per heavy atom. The van der Waals surface area contributed by atoms with Gasteiger partial charge in [-0.25, -0.2) is 4.79 Å². The zero-order valence-electron chi connectivity index (χ0n) is 13.7. The third kappa shape index (κ3) is 4.24. The number of hydrogen-bond donors (Lipinski definition) is 1. The highest BCUT2D eigenvalue weighted by atomic mass is 35.5. The van der Waals surface area contributed by atoms with Crippen molar-refractivity contribution in [2.45, 2.75) is 12.5 Å². The van der Waals surface area contributed by atoms with Crippen LogP contribution in [0.25, 0.3) is 0 Å². The van der Waals surface area contributed by atoms with E-state index in [0.717, 1.165) is 25.1 Å². The van der Waals surface area contributed by atoms with Gasteiger partial charge in [-0.1, -0.05) is 23.2 Å². The molecule has 7 heteroatoms. The maximum Gasteiger partial charge on any atom is 0.341 e. The molecule has 2 atom stereocenters. The van der Waals surface area contributed by atoms with Crippen molar-refractivity contribution < 1.29 is 14.3 Å². The number of pyridine rings is 1. The molecule has 1 unspecified atom stereocenters. The maximum atomic E-state index is 12.1. The summed E-state index contributed by atoms with van der Waals surface area (Å²) in [5, 5.41) is 4.32. The molecule has 1 saturated heterocycles. The number of halogens is 2. The van der Waals surface area contributed by atoms with E-state index in [1.807, 2.05) is 6.07 Å². The molecule has 0 saturated carbocycles. The predicted octanol–water partition coefficient (Wildman–Crippen LogP) is 3.90. The molecule has 2 heterocycles. The van der Waals surface area contributed by atoms with Crippen LogP contribution in [0, 0.1) is 5.92 Å². The van der Waals surface area contributed by atoms with Crippen LogP contribution < -0.4 is 10.1 Å². The number of benzene rings is 1. The number of ether oxygens (including phenoxy) is 2. The second kappa shape index (κ2) is 8.04. The molecule has 2 aromatic rings. The first-order valence-corrected chi connectivity index (χ1v) is 8.69. The van der Waals surface area contributed by atoms with Gasteiger partial charge in [-0.15, -0.1) is 0 Å². The van der Waals surface area contributed by atoms with Gasteiger partial charge in [0.25, 0.3) is 0 Å². The fourth-order valence-electron chi connectivity index (χ4n) is 2.97. The van der Waals surface area contributed by atoms with Crippen molar-refractivity contribution in [1.29, 1.82) is 0 Å². The molecule has 1 aliphatic heterocycles. The summed E-state index contributed by atoms with van der Waals surface area (Å²) < 4.78 is 11.1. The molecule has 132 valence electrons. The molecule has 1 aromatic heterocycles. The molecule has 1 aliphatic rings. The number of methoxy groups -OCH3 is 1. The van der Waals surface area contributed by atoms with E-state index < -0.39 is 5.97 Å². The van der Waals surface area contributed by atoms with Crippen molar-refractivity contribution in [2.75, 3.05) is 20.2 Å².